The van der Waals surface area contributed by atoms with E-state index in [0.717, 1.165) is 12.2 Å². The molecule has 0 aliphatic carbocycles. The van der Waals surface area contributed by atoms with Gasteiger partial charge >= 0.3 is 6.09 Å². The summed E-state index contributed by atoms with van der Waals surface area (Å²) in [7, 11) is 1.71. The molecule has 1 aromatic rings. The van der Waals surface area contributed by atoms with Crippen LogP contribution in [0.25, 0.3) is 0 Å². The van der Waals surface area contributed by atoms with Crippen LogP contribution in [-0.2, 0) is 11.2 Å². The standard InChI is InChI=1S/C17H32N6O3.HI/c1-12(2)14-22-13(26-23-14)8-11-20-15(18-6)19-9-7-10-21-16(24)25-17(3,4)5;/h12H,7-11H2,1-6H3,(H,21,24)(H2,18,19,20);1H. The molecule has 0 spiro atoms. The van der Waals surface area contributed by atoms with Gasteiger partial charge in [0, 0.05) is 39.0 Å². The smallest absolute Gasteiger partial charge is 0.407 e. The van der Waals surface area contributed by atoms with E-state index in [1.807, 2.05) is 34.6 Å². The fourth-order valence-corrected chi connectivity index (χ4v) is 1.91. The van der Waals surface area contributed by atoms with Gasteiger partial charge in [-0.3, -0.25) is 4.99 Å². The van der Waals surface area contributed by atoms with Gasteiger partial charge in [-0.2, -0.15) is 4.98 Å². The van der Waals surface area contributed by atoms with Crippen molar-refractivity contribution < 1.29 is 14.1 Å². The van der Waals surface area contributed by atoms with Crippen molar-refractivity contribution in [3.63, 3.8) is 0 Å². The lowest BCUT2D eigenvalue weighted by molar-refractivity contribution is 0.0527. The van der Waals surface area contributed by atoms with Crippen LogP contribution >= 0.6 is 24.0 Å². The monoisotopic (exact) mass is 496 g/mol. The first-order valence-electron chi connectivity index (χ1n) is 8.95. The van der Waals surface area contributed by atoms with Gasteiger partial charge < -0.3 is 25.2 Å². The Hall–Kier alpha value is -1.59. The highest BCUT2D eigenvalue weighted by atomic mass is 127. The van der Waals surface area contributed by atoms with Gasteiger partial charge in [-0.25, -0.2) is 4.79 Å². The van der Waals surface area contributed by atoms with Crippen molar-refractivity contribution in [1.29, 1.82) is 0 Å². The van der Waals surface area contributed by atoms with Crippen molar-refractivity contribution in [2.45, 2.75) is 59.0 Å². The number of carbonyl (C=O) groups is 1. The fraction of sp³-hybridized carbons (Fsp3) is 0.765. The minimum Gasteiger partial charge on any atom is -0.444 e. The molecule has 10 heteroatoms. The summed E-state index contributed by atoms with van der Waals surface area (Å²) in [5.41, 5.74) is -0.484. The first kappa shape index (κ1) is 25.4. The SMILES string of the molecule is CN=C(NCCCNC(=O)OC(C)(C)C)NCCc1nc(C(C)C)no1.I. The average Bonchev–Trinajstić information content (AvgIpc) is 3.00. The lowest BCUT2D eigenvalue weighted by Gasteiger charge is -2.19. The number of halogens is 1. The van der Waals surface area contributed by atoms with Crippen molar-refractivity contribution in [2.24, 2.45) is 4.99 Å². The van der Waals surface area contributed by atoms with E-state index < -0.39 is 11.7 Å². The third-order valence-corrected chi connectivity index (χ3v) is 3.17. The van der Waals surface area contributed by atoms with Crippen molar-refractivity contribution in [2.75, 3.05) is 26.7 Å². The highest BCUT2D eigenvalue weighted by Crippen LogP contribution is 2.09. The zero-order valence-electron chi connectivity index (χ0n) is 17.1. The van der Waals surface area contributed by atoms with E-state index in [4.69, 9.17) is 9.26 Å². The molecule has 9 nitrogen and oxygen atoms in total. The van der Waals surface area contributed by atoms with Gasteiger partial charge in [-0.1, -0.05) is 19.0 Å². The number of nitrogens with one attached hydrogen (secondary N) is 3. The zero-order valence-corrected chi connectivity index (χ0v) is 19.4. The Labute approximate surface area is 178 Å². The Balaban J connectivity index is 0.00000676. The third kappa shape index (κ3) is 11.7. The van der Waals surface area contributed by atoms with Crippen LogP contribution in [0.15, 0.2) is 9.52 Å². The first-order chi connectivity index (χ1) is 12.2. The molecule has 0 saturated heterocycles. The number of carbonyl (C=O) groups excluding carboxylic acids is 1. The topological polar surface area (TPSA) is 114 Å². The molecule has 0 unspecified atom stereocenters. The van der Waals surface area contributed by atoms with Crippen LogP contribution in [0.4, 0.5) is 4.79 Å². The van der Waals surface area contributed by atoms with E-state index in [0.29, 0.717) is 37.9 Å². The fourth-order valence-electron chi connectivity index (χ4n) is 1.91. The maximum Gasteiger partial charge on any atom is 0.407 e. The molecule has 1 rings (SSSR count). The average molecular weight is 496 g/mol. The summed E-state index contributed by atoms with van der Waals surface area (Å²) in [6.07, 6.45) is 0.974. The lowest BCUT2D eigenvalue weighted by atomic mass is 10.2. The van der Waals surface area contributed by atoms with Crippen LogP contribution in [-0.4, -0.2) is 54.5 Å². The number of hydrogen-bond donors (Lipinski definition) is 3. The molecule has 1 aromatic heterocycles. The second kappa shape index (κ2) is 12.7. The summed E-state index contributed by atoms with van der Waals surface area (Å²) in [5, 5.41) is 13.0. The first-order valence-corrected chi connectivity index (χ1v) is 8.95. The highest BCUT2D eigenvalue weighted by molar-refractivity contribution is 14.0. The second-order valence-electron chi connectivity index (χ2n) is 7.16. The lowest BCUT2D eigenvalue weighted by Crippen LogP contribution is -2.40. The molecule has 0 fully saturated rings. The Kier molecular flexibility index (Phi) is 12.0. The van der Waals surface area contributed by atoms with Crippen molar-refractivity contribution >= 4 is 36.0 Å². The number of aliphatic imine (C=N–C) groups is 1. The van der Waals surface area contributed by atoms with E-state index in [1.54, 1.807) is 7.05 Å². The van der Waals surface area contributed by atoms with Gasteiger partial charge in [0.05, 0.1) is 0 Å². The number of nitrogens with zero attached hydrogens (tertiary/aromatic N) is 3. The van der Waals surface area contributed by atoms with Crippen LogP contribution in [0.2, 0.25) is 0 Å². The van der Waals surface area contributed by atoms with Crippen LogP contribution in [0.1, 0.15) is 58.7 Å². The molecular formula is C17H33IN6O3. The molecule has 0 bridgehead atoms. The van der Waals surface area contributed by atoms with Crippen LogP contribution in [0.3, 0.4) is 0 Å². The Morgan fingerprint density at radius 3 is 2.37 bits per heavy atom. The quantitative estimate of drug-likeness (QED) is 0.219. The summed E-state index contributed by atoms with van der Waals surface area (Å²) in [5.74, 6) is 2.27. The summed E-state index contributed by atoms with van der Waals surface area (Å²) in [6.45, 7) is 11.4. The van der Waals surface area contributed by atoms with E-state index >= 15 is 0 Å². The number of aromatic nitrogens is 2. The van der Waals surface area contributed by atoms with Gasteiger partial charge in [0.1, 0.15) is 5.60 Å². The molecule has 0 atom stereocenters. The maximum absolute atomic E-state index is 11.5. The zero-order chi connectivity index (χ0) is 19.6. The van der Waals surface area contributed by atoms with Crippen molar-refractivity contribution in [3.8, 4) is 0 Å². The number of alkyl carbamates (subject to hydrolysis) is 1. The molecule has 1 amide bonds. The largest absolute Gasteiger partial charge is 0.444 e. The van der Waals surface area contributed by atoms with Gasteiger partial charge in [0.15, 0.2) is 11.8 Å². The minimum atomic E-state index is -0.484. The third-order valence-electron chi connectivity index (χ3n) is 3.17. The summed E-state index contributed by atoms with van der Waals surface area (Å²) < 4.78 is 10.4. The molecule has 0 aromatic carbocycles. The molecule has 3 N–H and O–H groups in total. The predicted molar refractivity (Wildman–Crippen MR) is 116 cm³/mol. The summed E-state index contributed by atoms with van der Waals surface area (Å²) in [4.78, 5) is 20.0. The van der Waals surface area contributed by atoms with E-state index in [1.165, 1.54) is 0 Å². The molecule has 0 aliphatic heterocycles. The van der Waals surface area contributed by atoms with Crippen LogP contribution in [0, 0.1) is 0 Å². The summed E-state index contributed by atoms with van der Waals surface area (Å²) >= 11 is 0. The number of ether oxygens (including phenoxy) is 1. The Morgan fingerprint density at radius 2 is 1.81 bits per heavy atom. The minimum absolute atomic E-state index is 0. The summed E-state index contributed by atoms with van der Waals surface area (Å²) in [6, 6.07) is 0. The molecule has 0 saturated carbocycles. The van der Waals surface area contributed by atoms with Crippen LogP contribution in [0.5, 0.6) is 0 Å². The second-order valence-corrected chi connectivity index (χ2v) is 7.16. The molecule has 0 aliphatic rings. The molecule has 1 heterocycles. The normalized spacial score (nSPS) is 11.7. The molecule has 156 valence electrons. The Morgan fingerprint density at radius 1 is 1.19 bits per heavy atom. The van der Waals surface area contributed by atoms with Crippen LogP contribution < -0.4 is 16.0 Å². The molecular weight excluding hydrogens is 463 g/mol. The molecule has 0 radical (unpaired) electrons. The van der Waals surface area contributed by atoms with E-state index in [9.17, 15) is 4.79 Å². The van der Waals surface area contributed by atoms with Gasteiger partial charge in [0.2, 0.25) is 5.89 Å². The maximum atomic E-state index is 11.5. The number of amides is 1. The number of guanidine groups is 1. The van der Waals surface area contributed by atoms with Crippen molar-refractivity contribution in [1.82, 2.24) is 26.1 Å². The molecule has 27 heavy (non-hydrogen) atoms. The van der Waals surface area contributed by atoms with Crippen molar-refractivity contribution in [3.05, 3.63) is 11.7 Å². The predicted octanol–water partition coefficient (Wildman–Crippen LogP) is 2.43. The van der Waals surface area contributed by atoms with E-state index in [-0.39, 0.29) is 29.9 Å². The van der Waals surface area contributed by atoms with E-state index in [2.05, 4.69) is 31.1 Å². The number of rotatable bonds is 8. The number of hydrogen-bond acceptors (Lipinski definition) is 6. The highest BCUT2D eigenvalue weighted by Gasteiger charge is 2.15. The van der Waals surface area contributed by atoms with Gasteiger partial charge in [-0.15, -0.1) is 24.0 Å². The Bertz CT molecular complexity index is 583. The van der Waals surface area contributed by atoms with Gasteiger partial charge in [-0.05, 0) is 27.2 Å². The van der Waals surface area contributed by atoms with Gasteiger partial charge in [0.25, 0.3) is 0 Å².